The van der Waals surface area contributed by atoms with Crippen molar-refractivity contribution in [3.05, 3.63) is 0 Å². The second-order valence-corrected chi connectivity index (χ2v) is 5.97. The Morgan fingerprint density at radius 1 is 1.07 bits per heavy atom. The quantitative estimate of drug-likeness (QED) is 0.720. The zero-order chi connectivity index (χ0) is 11.0. The fraction of sp³-hybridized carbons (Fsp3) is 0.889. The molecule has 0 saturated heterocycles. The summed E-state index contributed by atoms with van der Waals surface area (Å²) in [6.45, 7) is 0. The Labute approximate surface area is 99.0 Å². The van der Waals surface area contributed by atoms with Gasteiger partial charge in [0.05, 0.1) is 6.42 Å². The Morgan fingerprint density at radius 3 is 1.64 bits per heavy atom. The van der Waals surface area contributed by atoms with Gasteiger partial charge in [0.2, 0.25) is 0 Å². The number of carboxylic acids is 1. The molecule has 0 aliphatic rings. The van der Waals surface area contributed by atoms with E-state index < -0.39 is 5.97 Å². The lowest BCUT2D eigenvalue weighted by molar-refractivity contribution is -0.138. The van der Waals surface area contributed by atoms with Crippen LogP contribution in [-0.4, -0.2) is 47.1 Å². The molecule has 0 aromatic rings. The second-order valence-electron chi connectivity index (χ2n) is 3.37. The zero-order valence-corrected chi connectivity index (χ0v) is 11.4. The van der Waals surface area contributed by atoms with Gasteiger partial charge in [-0.05, 0) is 18.8 Å². The lowest BCUT2D eigenvalue weighted by atomic mass is 9.91. The molecule has 0 unspecified atom stereocenters. The molecule has 0 aromatic heterocycles. The summed E-state index contributed by atoms with van der Waals surface area (Å²) in [7, 11) is 0. The molecule has 1 N–H and O–H groups in total. The van der Waals surface area contributed by atoms with Gasteiger partial charge in [-0.1, -0.05) is 0 Å². The van der Waals surface area contributed by atoms with Gasteiger partial charge in [0.15, 0.2) is 0 Å². The van der Waals surface area contributed by atoms with Gasteiger partial charge in [-0.25, -0.2) is 0 Å². The molecular formula is C9H18O2S3. The fourth-order valence-corrected chi connectivity index (χ4v) is 4.66. The highest BCUT2D eigenvalue weighted by atomic mass is 32.2. The Balaban J connectivity index is 4.45. The first-order valence-electron chi connectivity index (χ1n) is 4.29. The molecule has 14 heavy (non-hydrogen) atoms. The Kier molecular flexibility index (Phi) is 8.05. The maximum Gasteiger partial charge on any atom is 0.303 e. The summed E-state index contributed by atoms with van der Waals surface area (Å²) in [6.07, 6.45) is 6.40. The first-order chi connectivity index (χ1) is 6.60. The standard InChI is InChI=1S/C9H18O2S3/c1-12-5-9(6-13-2,7-14-3)4-8(10)11/h4-7H2,1-3H3,(H,10,11). The highest BCUT2D eigenvalue weighted by molar-refractivity contribution is 8.00. The minimum Gasteiger partial charge on any atom is -0.481 e. The number of hydrogen-bond acceptors (Lipinski definition) is 4. The lowest BCUT2D eigenvalue weighted by Gasteiger charge is -2.30. The molecule has 0 aromatic carbocycles. The van der Waals surface area contributed by atoms with E-state index in [2.05, 4.69) is 0 Å². The topological polar surface area (TPSA) is 37.3 Å². The lowest BCUT2D eigenvalue weighted by Crippen LogP contribution is -2.32. The molecular weight excluding hydrogens is 236 g/mol. The number of aliphatic carboxylic acids is 1. The van der Waals surface area contributed by atoms with Gasteiger partial charge in [0.25, 0.3) is 0 Å². The molecule has 0 amide bonds. The average Bonchev–Trinajstić information content (AvgIpc) is 2.03. The van der Waals surface area contributed by atoms with E-state index in [-0.39, 0.29) is 11.8 Å². The van der Waals surface area contributed by atoms with Gasteiger partial charge in [0, 0.05) is 22.7 Å². The van der Waals surface area contributed by atoms with Crippen LogP contribution in [0.2, 0.25) is 0 Å². The first-order valence-corrected chi connectivity index (χ1v) is 8.47. The third kappa shape index (κ3) is 5.41. The van der Waals surface area contributed by atoms with E-state index in [1.807, 2.05) is 18.8 Å². The highest BCUT2D eigenvalue weighted by Crippen LogP contribution is 2.33. The third-order valence-corrected chi connectivity index (χ3v) is 4.58. The number of rotatable bonds is 8. The minimum atomic E-state index is -0.679. The van der Waals surface area contributed by atoms with Crippen LogP contribution in [0.3, 0.4) is 0 Å². The van der Waals surface area contributed by atoms with E-state index in [0.29, 0.717) is 0 Å². The first kappa shape index (κ1) is 14.5. The van der Waals surface area contributed by atoms with Crippen LogP contribution >= 0.6 is 35.3 Å². The molecule has 0 rings (SSSR count). The van der Waals surface area contributed by atoms with Crippen LogP contribution in [-0.2, 0) is 4.79 Å². The van der Waals surface area contributed by atoms with Crippen molar-refractivity contribution in [2.75, 3.05) is 36.0 Å². The van der Waals surface area contributed by atoms with Gasteiger partial charge < -0.3 is 5.11 Å². The molecule has 0 saturated carbocycles. The Bertz CT molecular complexity index is 156. The molecule has 0 atom stereocenters. The molecule has 0 bridgehead atoms. The van der Waals surface area contributed by atoms with Crippen LogP contribution in [0.4, 0.5) is 0 Å². The molecule has 0 spiro atoms. The molecule has 0 aliphatic carbocycles. The van der Waals surface area contributed by atoms with Crippen LogP contribution in [0.5, 0.6) is 0 Å². The van der Waals surface area contributed by atoms with Crippen molar-refractivity contribution in [3.8, 4) is 0 Å². The predicted molar refractivity (Wildman–Crippen MR) is 69.8 cm³/mol. The molecule has 0 fully saturated rings. The summed E-state index contributed by atoms with van der Waals surface area (Å²) in [5.41, 5.74) is -0.0376. The molecule has 5 heteroatoms. The van der Waals surface area contributed by atoms with Crippen molar-refractivity contribution in [1.29, 1.82) is 0 Å². The highest BCUT2D eigenvalue weighted by Gasteiger charge is 2.31. The van der Waals surface area contributed by atoms with Crippen molar-refractivity contribution in [1.82, 2.24) is 0 Å². The molecule has 0 radical (unpaired) electrons. The second kappa shape index (κ2) is 7.77. The molecule has 0 heterocycles. The van der Waals surface area contributed by atoms with Crippen LogP contribution in [0.15, 0.2) is 0 Å². The zero-order valence-electron chi connectivity index (χ0n) is 8.91. The normalized spacial score (nSPS) is 11.6. The maximum absolute atomic E-state index is 10.8. The minimum absolute atomic E-state index is 0.0376. The molecule has 84 valence electrons. The summed E-state index contributed by atoms with van der Waals surface area (Å²) in [4.78, 5) is 10.8. The SMILES string of the molecule is CSCC(CSC)(CSC)CC(=O)O. The van der Waals surface area contributed by atoms with E-state index in [1.165, 1.54) is 0 Å². The number of carboxylic acid groups (broad SMARTS) is 1. The summed E-state index contributed by atoms with van der Waals surface area (Å²) in [5.74, 6) is 2.12. The van der Waals surface area contributed by atoms with Crippen LogP contribution in [0, 0.1) is 5.41 Å². The van der Waals surface area contributed by atoms with Crippen molar-refractivity contribution in [2.45, 2.75) is 6.42 Å². The number of carbonyl (C=O) groups is 1. The third-order valence-electron chi connectivity index (χ3n) is 1.88. The number of hydrogen-bond donors (Lipinski definition) is 1. The summed E-state index contributed by atoms with van der Waals surface area (Å²) in [5, 5.41) is 8.90. The van der Waals surface area contributed by atoms with E-state index in [1.54, 1.807) is 35.3 Å². The molecule has 0 aliphatic heterocycles. The van der Waals surface area contributed by atoms with Gasteiger partial charge in [-0.15, -0.1) is 0 Å². The van der Waals surface area contributed by atoms with Gasteiger partial charge >= 0.3 is 5.97 Å². The van der Waals surface area contributed by atoms with E-state index in [0.717, 1.165) is 17.3 Å². The average molecular weight is 254 g/mol. The molecule has 2 nitrogen and oxygen atoms in total. The maximum atomic E-state index is 10.8. The van der Waals surface area contributed by atoms with Crippen molar-refractivity contribution >= 4 is 41.3 Å². The van der Waals surface area contributed by atoms with Gasteiger partial charge in [-0.2, -0.15) is 35.3 Å². The van der Waals surface area contributed by atoms with E-state index >= 15 is 0 Å². The summed E-state index contributed by atoms with van der Waals surface area (Å²) >= 11 is 5.22. The summed E-state index contributed by atoms with van der Waals surface area (Å²) in [6, 6.07) is 0. The van der Waals surface area contributed by atoms with E-state index in [4.69, 9.17) is 5.11 Å². The smallest absolute Gasteiger partial charge is 0.303 e. The number of thioether (sulfide) groups is 3. The van der Waals surface area contributed by atoms with Gasteiger partial charge in [-0.3, -0.25) is 4.79 Å². The van der Waals surface area contributed by atoms with E-state index in [9.17, 15) is 4.79 Å². The predicted octanol–water partition coefficient (Wildman–Crippen LogP) is 2.54. The Hall–Kier alpha value is 0.520. The van der Waals surface area contributed by atoms with Crippen LogP contribution in [0.1, 0.15) is 6.42 Å². The van der Waals surface area contributed by atoms with Crippen LogP contribution < -0.4 is 0 Å². The van der Waals surface area contributed by atoms with Crippen molar-refractivity contribution < 1.29 is 9.90 Å². The Morgan fingerprint density at radius 2 is 1.43 bits per heavy atom. The van der Waals surface area contributed by atoms with Gasteiger partial charge in [0.1, 0.15) is 0 Å². The summed E-state index contributed by atoms with van der Waals surface area (Å²) < 4.78 is 0. The van der Waals surface area contributed by atoms with Crippen molar-refractivity contribution in [2.24, 2.45) is 5.41 Å². The largest absolute Gasteiger partial charge is 0.481 e. The van der Waals surface area contributed by atoms with Crippen molar-refractivity contribution in [3.63, 3.8) is 0 Å². The van der Waals surface area contributed by atoms with Crippen LogP contribution in [0.25, 0.3) is 0 Å². The fourth-order valence-electron chi connectivity index (χ4n) is 1.52. The monoisotopic (exact) mass is 254 g/mol.